The van der Waals surface area contributed by atoms with Crippen LogP contribution in [0.15, 0.2) is 72.8 Å². The molecule has 1 aliphatic heterocycles. The first-order valence-corrected chi connectivity index (χ1v) is 29.6. The monoisotopic (exact) mass is 997 g/mol. The number of esters is 2. The summed E-state index contributed by atoms with van der Waals surface area (Å²) in [6.45, 7) is 8.94. The van der Waals surface area contributed by atoms with Crippen LogP contribution in [0.3, 0.4) is 0 Å². The van der Waals surface area contributed by atoms with Gasteiger partial charge in [0.15, 0.2) is 0 Å². The molecule has 0 aliphatic carbocycles. The van der Waals surface area contributed by atoms with Gasteiger partial charge in [-0.25, -0.2) is 0 Å². The average molecular weight is 997 g/mol. The van der Waals surface area contributed by atoms with E-state index in [9.17, 15) is 9.59 Å². The SMILES string of the molecule is CCCCCCCCCCCCCCOc1ccc(CCC(=O)OC[C@H]2O[C@@H](c3ccc(OCCCCCC)cc3)CC[C@@H]2OC(=O)CCc2ccc(OCCCCCCCCCCCCCC)cc2)cc1. The fourth-order valence-corrected chi connectivity index (χ4v) is 9.63. The van der Waals surface area contributed by atoms with Crippen molar-refractivity contribution in [3.8, 4) is 17.2 Å². The lowest BCUT2D eigenvalue weighted by Gasteiger charge is -2.36. The van der Waals surface area contributed by atoms with Gasteiger partial charge in [-0.2, -0.15) is 0 Å². The Kier molecular flexibility index (Phi) is 33.9. The molecule has 1 heterocycles. The van der Waals surface area contributed by atoms with Gasteiger partial charge in [0, 0.05) is 12.8 Å². The molecule has 0 saturated carbocycles. The molecule has 8 nitrogen and oxygen atoms in total. The Morgan fingerprint density at radius 1 is 0.431 bits per heavy atom. The number of hydrogen-bond donors (Lipinski definition) is 0. The molecule has 0 unspecified atom stereocenters. The van der Waals surface area contributed by atoms with E-state index in [0.717, 1.165) is 66.4 Å². The van der Waals surface area contributed by atoms with E-state index >= 15 is 0 Å². The Labute approximate surface area is 438 Å². The quantitative estimate of drug-likeness (QED) is 0.0409. The summed E-state index contributed by atoms with van der Waals surface area (Å²) < 4.78 is 36.6. The zero-order valence-corrected chi connectivity index (χ0v) is 45.8. The molecule has 3 aromatic rings. The minimum Gasteiger partial charge on any atom is -0.494 e. The molecule has 72 heavy (non-hydrogen) atoms. The molecule has 404 valence electrons. The van der Waals surface area contributed by atoms with Gasteiger partial charge in [-0.1, -0.05) is 218 Å². The largest absolute Gasteiger partial charge is 0.494 e. The smallest absolute Gasteiger partial charge is 0.306 e. The number of rotatable bonds is 44. The molecular weight excluding hydrogens is 897 g/mol. The van der Waals surface area contributed by atoms with Crippen molar-refractivity contribution in [2.75, 3.05) is 26.4 Å². The van der Waals surface area contributed by atoms with Crippen LogP contribution < -0.4 is 14.2 Å². The minimum absolute atomic E-state index is 0.0128. The van der Waals surface area contributed by atoms with Crippen molar-refractivity contribution in [3.63, 3.8) is 0 Å². The summed E-state index contributed by atoms with van der Waals surface area (Å²) in [6, 6.07) is 24.2. The molecule has 0 aromatic heterocycles. The molecule has 1 fully saturated rings. The Hall–Kier alpha value is -4.04. The van der Waals surface area contributed by atoms with Gasteiger partial charge in [0.25, 0.3) is 0 Å². The molecule has 0 spiro atoms. The number of aryl methyl sites for hydroxylation is 2. The predicted molar refractivity (Wildman–Crippen MR) is 296 cm³/mol. The number of unbranched alkanes of at least 4 members (excludes halogenated alkanes) is 25. The second kappa shape index (κ2) is 40.4. The molecule has 0 amide bonds. The molecule has 1 saturated heterocycles. The number of carbonyl (C=O) groups excluding carboxylic acids is 2. The standard InChI is InChI=1S/C64H100O8/c1-4-7-10-13-15-17-19-21-23-25-27-30-51-67-57-40-32-54(33-41-57)36-48-63(65)70-53-62-61(47-46-60(71-62)56-38-44-59(45-39-56)69-50-29-12-9-6-3)72-64(66)49-37-55-34-42-58(43-35-55)68-52-31-28-26-24-22-20-18-16-14-11-8-5-2/h32-35,38-45,60-62H,4-31,36-37,46-53H2,1-3H3/t60-,61+,62-/m1/s1. The Bertz CT molecular complexity index is 1760. The minimum atomic E-state index is -0.589. The highest BCUT2D eigenvalue weighted by Gasteiger charge is 2.35. The first kappa shape index (κ1) is 60.5. The molecule has 0 N–H and O–H groups in total. The van der Waals surface area contributed by atoms with Crippen molar-refractivity contribution in [2.24, 2.45) is 0 Å². The van der Waals surface area contributed by atoms with E-state index in [1.807, 2.05) is 72.8 Å². The van der Waals surface area contributed by atoms with Crippen LogP contribution in [-0.4, -0.2) is 50.6 Å². The van der Waals surface area contributed by atoms with Crippen LogP contribution in [0.5, 0.6) is 17.2 Å². The third-order valence-corrected chi connectivity index (χ3v) is 14.3. The predicted octanol–water partition coefficient (Wildman–Crippen LogP) is 17.7. The van der Waals surface area contributed by atoms with Crippen molar-refractivity contribution in [2.45, 2.75) is 257 Å². The summed E-state index contributed by atoms with van der Waals surface area (Å²) in [7, 11) is 0. The average Bonchev–Trinajstić information content (AvgIpc) is 3.40. The highest BCUT2D eigenvalue weighted by Crippen LogP contribution is 2.34. The van der Waals surface area contributed by atoms with Gasteiger partial charge in [-0.15, -0.1) is 0 Å². The Morgan fingerprint density at radius 3 is 1.18 bits per heavy atom. The van der Waals surface area contributed by atoms with Crippen LogP contribution in [0.25, 0.3) is 0 Å². The van der Waals surface area contributed by atoms with E-state index in [0.29, 0.717) is 32.3 Å². The number of carbonyl (C=O) groups is 2. The maximum absolute atomic E-state index is 13.3. The summed E-state index contributed by atoms with van der Waals surface area (Å²) in [4.78, 5) is 26.5. The molecule has 0 bridgehead atoms. The van der Waals surface area contributed by atoms with Crippen molar-refractivity contribution in [1.82, 2.24) is 0 Å². The normalized spacial score (nSPS) is 15.6. The van der Waals surface area contributed by atoms with Crippen LogP contribution in [0.2, 0.25) is 0 Å². The summed E-state index contributed by atoms with van der Waals surface area (Å²) in [6.07, 6.45) is 38.0. The van der Waals surface area contributed by atoms with E-state index in [-0.39, 0.29) is 37.5 Å². The summed E-state index contributed by atoms with van der Waals surface area (Å²) in [5.74, 6) is 1.98. The van der Waals surface area contributed by atoms with E-state index in [1.54, 1.807) is 0 Å². The van der Waals surface area contributed by atoms with Gasteiger partial charge in [0.2, 0.25) is 0 Å². The van der Waals surface area contributed by atoms with Crippen LogP contribution in [-0.2, 0) is 36.6 Å². The third-order valence-electron chi connectivity index (χ3n) is 14.3. The van der Waals surface area contributed by atoms with Gasteiger partial charge < -0.3 is 28.4 Å². The van der Waals surface area contributed by atoms with Crippen LogP contribution in [0.1, 0.15) is 249 Å². The lowest BCUT2D eigenvalue weighted by atomic mass is 9.96. The lowest BCUT2D eigenvalue weighted by molar-refractivity contribution is -0.184. The van der Waals surface area contributed by atoms with Crippen LogP contribution >= 0.6 is 0 Å². The van der Waals surface area contributed by atoms with Gasteiger partial charge in [0.1, 0.15) is 36.1 Å². The topological polar surface area (TPSA) is 89.5 Å². The van der Waals surface area contributed by atoms with E-state index < -0.39 is 12.2 Å². The number of ether oxygens (including phenoxy) is 6. The van der Waals surface area contributed by atoms with E-state index in [2.05, 4.69) is 20.8 Å². The highest BCUT2D eigenvalue weighted by molar-refractivity contribution is 5.70. The maximum atomic E-state index is 13.3. The summed E-state index contributed by atoms with van der Waals surface area (Å²) in [5.41, 5.74) is 3.13. The second-order valence-electron chi connectivity index (χ2n) is 20.7. The van der Waals surface area contributed by atoms with E-state index in [1.165, 1.54) is 161 Å². The maximum Gasteiger partial charge on any atom is 0.306 e. The molecular formula is C64H100O8. The third kappa shape index (κ3) is 28.4. The zero-order valence-electron chi connectivity index (χ0n) is 45.8. The molecule has 3 atom stereocenters. The van der Waals surface area contributed by atoms with Gasteiger partial charge in [-0.3, -0.25) is 9.59 Å². The Balaban J connectivity index is 1.16. The molecule has 3 aromatic carbocycles. The van der Waals surface area contributed by atoms with Gasteiger partial charge in [0.05, 0.1) is 25.9 Å². The molecule has 1 aliphatic rings. The second-order valence-corrected chi connectivity index (χ2v) is 20.7. The molecule has 4 rings (SSSR count). The summed E-state index contributed by atoms with van der Waals surface area (Å²) in [5, 5.41) is 0. The first-order valence-electron chi connectivity index (χ1n) is 29.6. The zero-order chi connectivity index (χ0) is 50.9. The Morgan fingerprint density at radius 2 is 0.778 bits per heavy atom. The van der Waals surface area contributed by atoms with Crippen LogP contribution in [0, 0.1) is 0 Å². The molecule has 0 radical (unpaired) electrons. The first-order chi connectivity index (χ1) is 35.5. The van der Waals surface area contributed by atoms with E-state index in [4.69, 9.17) is 28.4 Å². The fourth-order valence-electron chi connectivity index (χ4n) is 9.63. The number of hydrogen-bond acceptors (Lipinski definition) is 8. The molecule has 8 heteroatoms. The number of benzene rings is 3. The van der Waals surface area contributed by atoms with Gasteiger partial charge >= 0.3 is 11.9 Å². The van der Waals surface area contributed by atoms with Crippen molar-refractivity contribution >= 4 is 11.9 Å². The summed E-state index contributed by atoms with van der Waals surface area (Å²) >= 11 is 0. The van der Waals surface area contributed by atoms with Gasteiger partial charge in [-0.05, 0) is 98.0 Å². The van der Waals surface area contributed by atoms with Crippen molar-refractivity contribution < 1.29 is 38.0 Å². The van der Waals surface area contributed by atoms with Crippen molar-refractivity contribution in [1.29, 1.82) is 0 Å². The van der Waals surface area contributed by atoms with Crippen LogP contribution in [0.4, 0.5) is 0 Å². The lowest BCUT2D eigenvalue weighted by Crippen LogP contribution is -2.42. The fraction of sp³-hybridized carbons (Fsp3) is 0.688. The highest BCUT2D eigenvalue weighted by atomic mass is 16.6. The van der Waals surface area contributed by atoms with Crippen molar-refractivity contribution in [3.05, 3.63) is 89.5 Å².